The molecule has 222 valence electrons. The monoisotopic (exact) mass is 588 g/mol. The van der Waals surface area contributed by atoms with Crippen molar-refractivity contribution in [2.75, 3.05) is 20.2 Å². The molecule has 1 aliphatic heterocycles. The van der Waals surface area contributed by atoms with Crippen molar-refractivity contribution in [2.45, 2.75) is 93.9 Å². The van der Waals surface area contributed by atoms with Crippen LogP contribution in [0.4, 0.5) is 17.6 Å². The van der Waals surface area contributed by atoms with Crippen molar-refractivity contribution in [1.82, 2.24) is 21.1 Å². The normalized spacial score (nSPS) is 33.1. The van der Waals surface area contributed by atoms with E-state index in [2.05, 4.69) is 16.1 Å². The number of hydrazine groups is 1. The van der Waals surface area contributed by atoms with Gasteiger partial charge in [0, 0.05) is 30.7 Å². The topological polar surface area (TPSA) is 82.7 Å². The first kappa shape index (κ1) is 29.4. The Balaban J connectivity index is 1.23. The summed E-state index contributed by atoms with van der Waals surface area (Å²) in [6.45, 7) is -0.327. The van der Waals surface area contributed by atoms with Crippen LogP contribution in [0.3, 0.4) is 0 Å². The third-order valence-electron chi connectivity index (χ3n) is 9.27. The fourth-order valence-corrected chi connectivity index (χ4v) is 7.71. The summed E-state index contributed by atoms with van der Waals surface area (Å²) in [6.07, 6.45) is 3.69. The van der Waals surface area contributed by atoms with Crippen molar-refractivity contribution in [2.24, 2.45) is 11.3 Å². The van der Waals surface area contributed by atoms with Gasteiger partial charge in [-0.05, 0) is 50.2 Å². The molecule has 2 bridgehead atoms. The Kier molecular flexibility index (Phi) is 8.04. The molecule has 5 fully saturated rings. The fraction of sp³-hybridized carbons (Fsp3) is 0.714. The minimum Gasteiger partial charge on any atom is -0.484 e. The second-order valence-corrected chi connectivity index (χ2v) is 12.8. The zero-order chi connectivity index (χ0) is 28.8. The standard InChI is InChI=1S/C28H37ClF4N4O3/c1-37-17-27(23(36-37)28(31,32)33,18-8-6-4-2-3-5-7-9-18)24(39)35-26-14-25(15-26,16-26)34-22(38)13-40-19-10-11-20(29)21(30)12-19/h10-12,18,23,36H,2-9,13-17H2,1H3,(H,34,38)(H,35,39). The van der Waals surface area contributed by atoms with Gasteiger partial charge in [0.25, 0.3) is 5.91 Å². The van der Waals surface area contributed by atoms with Crippen molar-refractivity contribution in [3.63, 3.8) is 0 Å². The van der Waals surface area contributed by atoms with Crippen LogP contribution in [0.25, 0.3) is 0 Å². The molecule has 0 aromatic heterocycles. The van der Waals surface area contributed by atoms with Gasteiger partial charge in [0.1, 0.15) is 17.6 Å². The predicted octanol–water partition coefficient (Wildman–Crippen LogP) is 4.88. The number of halogens is 5. The van der Waals surface area contributed by atoms with Crippen molar-refractivity contribution >= 4 is 23.4 Å². The highest BCUT2D eigenvalue weighted by Crippen LogP contribution is 2.61. The highest BCUT2D eigenvalue weighted by atomic mass is 35.5. The van der Waals surface area contributed by atoms with Gasteiger partial charge in [-0.25, -0.2) is 14.8 Å². The molecule has 2 unspecified atom stereocenters. The van der Waals surface area contributed by atoms with Crippen LogP contribution in [0.1, 0.15) is 70.6 Å². The Bertz CT molecular complexity index is 1110. The third-order valence-corrected chi connectivity index (χ3v) is 9.58. The Morgan fingerprint density at radius 2 is 1.65 bits per heavy atom. The smallest absolute Gasteiger partial charge is 0.406 e. The largest absolute Gasteiger partial charge is 0.484 e. The maximum Gasteiger partial charge on any atom is 0.406 e. The molecule has 0 radical (unpaired) electrons. The van der Waals surface area contributed by atoms with Gasteiger partial charge in [-0.15, -0.1) is 0 Å². The molecule has 40 heavy (non-hydrogen) atoms. The lowest BCUT2D eigenvalue weighted by Crippen LogP contribution is -2.85. The van der Waals surface area contributed by atoms with Crippen LogP contribution >= 0.6 is 11.6 Å². The second-order valence-electron chi connectivity index (χ2n) is 12.4. The van der Waals surface area contributed by atoms with E-state index in [0.29, 0.717) is 32.1 Å². The van der Waals surface area contributed by atoms with E-state index in [9.17, 15) is 27.2 Å². The first-order chi connectivity index (χ1) is 18.9. The number of nitrogens with one attached hydrogen (secondary N) is 3. The van der Waals surface area contributed by atoms with Gasteiger partial charge in [-0.1, -0.05) is 50.1 Å². The van der Waals surface area contributed by atoms with E-state index in [0.717, 1.165) is 44.6 Å². The van der Waals surface area contributed by atoms with Crippen LogP contribution in [0, 0.1) is 17.2 Å². The van der Waals surface area contributed by atoms with Gasteiger partial charge in [0.15, 0.2) is 6.61 Å². The number of benzene rings is 1. The van der Waals surface area contributed by atoms with Crippen LogP contribution < -0.4 is 20.8 Å². The highest BCUT2D eigenvalue weighted by Gasteiger charge is 2.72. The molecule has 0 spiro atoms. The lowest BCUT2D eigenvalue weighted by Gasteiger charge is -2.70. The first-order valence-electron chi connectivity index (χ1n) is 14.1. The Morgan fingerprint density at radius 3 is 2.25 bits per heavy atom. The molecule has 2 amide bonds. The molecular formula is C28H37ClF4N4O3. The number of rotatable bonds is 7. The van der Waals surface area contributed by atoms with Crippen molar-refractivity contribution in [1.29, 1.82) is 0 Å². The van der Waals surface area contributed by atoms with E-state index >= 15 is 0 Å². The number of hydrogen-bond acceptors (Lipinski definition) is 5. The number of carbonyl (C=O) groups is 2. The second kappa shape index (κ2) is 10.9. The molecule has 1 aromatic rings. The molecule has 1 aromatic carbocycles. The van der Waals surface area contributed by atoms with Crippen LogP contribution in [0.15, 0.2) is 18.2 Å². The summed E-state index contributed by atoms with van der Waals surface area (Å²) >= 11 is 5.66. The van der Waals surface area contributed by atoms with E-state index in [-0.39, 0.29) is 29.8 Å². The number of alkyl halides is 3. The van der Waals surface area contributed by atoms with Crippen LogP contribution in [-0.2, 0) is 9.59 Å². The summed E-state index contributed by atoms with van der Waals surface area (Å²) < 4.78 is 62.2. The summed E-state index contributed by atoms with van der Waals surface area (Å²) in [6, 6.07) is 1.94. The van der Waals surface area contributed by atoms with E-state index in [4.69, 9.17) is 16.3 Å². The number of carbonyl (C=O) groups excluding carboxylic acids is 2. The molecule has 6 rings (SSSR count). The van der Waals surface area contributed by atoms with Gasteiger partial charge in [-0.2, -0.15) is 13.2 Å². The first-order valence-corrected chi connectivity index (χ1v) is 14.5. The average Bonchev–Trinajstić information content (AvgIpc) is 3.27. The van der Waals surface area contributed by atoms with Gasteiger partial charge in [0.2, 0.25) is 5.91 Å². The molecule has 12 heteroatoms. The molecule has 4 aliphatic carbocycles. The molecule has 7 nitrogen and oxygen atoms in total. The minimum absolute atomic E-state index is 0.00569. The number of amides is 2. The summed E-state index contributed by atoms with van der Waals surface area (Å²) in [7, 11) is 1.56. The summed E-state index contributed by atoms with van der Waals surface area (Å²) in [4.78, 5) is 26.5. The number of ether oxygens (including phenoxy) is 1. The fourth-order valence-electron chi connectivity index (χ4n) is 7.59. The minimum atomic E-state index is -4.58. The highest BCUT2D eigenvalue weighted by molar-refractivity contribution is 6.30. The van der Waals surface area contributed by atoms with Crippen LogP contribution in [-0.4, -0.2) is 60.3 Å². The molecule has 1 saturated heterocycles. The Hall–Kier alpha value is -2.11. The van der Waals surface area contributed by atoms with Crippen molar-refractivity contribution in [3.8, 4) is 5.75 Å². The predicted molar refractivity (Wildman–Crippen MR) is 141 cm³/mol. The van der Waals surface area contributed by atoms with Crippen LogP contribution in [0.5, 0.6) is 5.75 Å². The Morgan fingerprint density at radius 1 is 1.05 bits per heavy atom. The number of hydrogen-bond donors (Lipinski definition) is 3. The molecule has 3 N–H and O–H groups in total. The number of nitrogens with zero attached hydrogens (tertiary/aromatic N) is 1. The van der Waals surface area contributed by atoms with Gasteiger partial charge < -0.3 is 15.4 Å². The quantitative estimate of drug-likeness (QED) is 0.396. The SMILES string of the molecule is CN1CC(C(=O)NC23CC(NC(=O)COc4ccc(Cl)c(F)c4)(C2)C3)(C2CCCCCCCC2)C(C(F)(F)F)N1. The van der Waals surface area contributed by atoms with Gasteiger partial charge in [0.05, 0.1) is 10.4 Å². The summed E-state index contributed by atoms with van der Waals surface area (Å²) in [5, 5.41) is 7.33. The third kappa shape index (κ3) is 5.66. The lowest BCUT2D eigenvalue weighted by molar-refractivity contribution is -0.193. The van der Waals surface area contributed by atoms with E-state index < -0.39 is 46.3 Å². The molecule has 2 atom stereocenters. The van der Waals surface area contributed by atoms with E-state index in [1.54, 1.807) is 7.05 Å². The van der Waals surface area contributed by atoms with Crippen molar-refractivity contribution in [3.05, 3.63) is 29.0 Å². The van der Waals surface area contributed by atoms with Crippen LogP contribution in [0.2, 0.25) is 5.02 Å². The zero-order valence-corrected chi connectivity index (χ0v) is 23.4. The molecule has 1 heterocycles. The molecule has 5 aliphatic rings. The maximum atomic E-state index is 14.4. The van der Waals surface area contributed by atoms with Gasteiger partial charge in [-0.3, -0.25) is 9.59 Å². The van der Waals surface area contributed by atoms with Crippen molar-refractivity contribution < 1.29 is 31.9 Å². The maximum absolute atomic E-state index is 14.4. The zero-order valence-electron chi connectivity index (χ0n) is 22.6. The molecule has 4 saturated carbocycles. The van der Waals surface area contributed by atoms with Gasteiger partial charge >= 0.3 is 6.18 Å². The summed E-state index contributed by atoms with van der Waals surface area (Å²) in [5.74, 6) is -1.80. The van der Waals surface area contributed by atoms with E-state index in [1.165, 1.54) is 17.1 Å². The molecular weight excluding hydrogens is 552 g/mol. The average molecular weight is 589 g/mol. The lowest BCUT2D eigenvalue weighted by atomic mass is 9.44. The van der Waals surface area contributed by atoms with E-state index in [1.807, 2.05) is 0 Å². The Labute approximate surface area is 236 Å². The summed E-state index contributed by atoms with van der Waals surface area (Å²) in [5.41, 5.74) is -0.191.